The first-order chi connectivity index (χ1) is 17.0. The van der Waals surface area contributed by atoms with Crippen LogP contribution in [0.1, 0.15) is 42.5 Å². The Balaban J connectivity index is 1.23. The molecule has 3 aromatic heterocycles. The Kier molecular flexibility index (Phi) is 4.98. The minimum absolute atomic E-state index is 0.0842. The van der Waals surface area contributed by atoms with Crippen molar-refractivity contribution < 1.29 is 14.3 Å². The van der Waals surface area contributed by atoms with Gasteiger partial charge in [0, 0.05) is 44.0 Å². The van der Waals surface area contributed by atoms with Crippen LogP contribution in [0.3, 0.4) is 0 Å². The SMILES string of the molecule is COc1c2cc(C(=O)NC3CCC4(CC3)CC(=O)N(C)C4)ccc2nn1-c1cnn2cccnc12. The number of benzene rings is 1. The van der Waals surface area contributed by atoms with Crippen LogP contribution in [-0.4, -0.2) is 67.8 Å². The molecule has 2 fully saturated rings. The minimum Gasteiger partial charge on any atom is -0.480 e. The maximum absolute atomic E-state index is 13.1. The molecule has 0 unspecified atom stereocenters. The maximum Gasteiger partial charge on any atom is 0.251 e. The summed E-state index contributed by atoms with van der Waals surface area (Å²) in [4.78, 5) is 31.4. The molecule has 0 bridgehead atoms. The summed E-state index contributed by atoms with van der Waals surface area (Å²) in [6, 6.07) is 7.36. The Labute approximate surface area is 201 Å². The summed E-state index contributed by atoms with van der Waals surface area (Å²) in [6.07, 6.45) is 9.54. The number of likely N-dealkylation sites (tertiary alicyclic amines) is 1. The molecule has 1 spiro atoms. The number of nitrogens with zero attached hydrogens (tertiary/aromatic N) is 6. The average Bonchev–Trinajstić information content (AvgIpc) is 3.53. The molecular formula is C25H27N7O3. The molecule has 1 saturated carbocycles. The molecule has 180 valence electrons. The van der Waals surface area contributed by atoms with Crippen molar-refractivity contribution in [3.05, 3.63) is 48.4 Å². The monoisotopic (exact) mass is 473 g/mol. The van der Waals surface area contributed by atoms with Gasteiger partial charge >= 0.3 is 0 Å². The topological polar surface area (TPSA) is 107 Å². The van der Waals surface area contributed by atoms with Gasteiger partial charge in [0.1, 0.15) is 5.69 Å². The lowest BCUT2D eigenvalue weighted by Gasteiger charge is -2.36. The van der Waals surface area contributed by atoms with Gasteiger partial charge in [0.05, 0.1) is 24.2 Å². The maximum atomic E-state index is 13.1. The molecule has 35 heavy (non-hydrogen) atoms. The van der Waals surface area contributed by atoms with Crippen LogP contribution in [0.2, 0.25) is 0 Å². The lowest BCUT2D eigenvalue weighted by molar-refractivity contribution is -0.126. The molecule has 6 rings (SSSR count). The molecule has 1 aromatic carbocycles. The zero-order chi connectivity index (χ0) is 24.2. The Morgan fingerprint density at radius 3 is 2.83 bits per heavy atom. The Morgan fingerprint density at radius 2 is 2.09 bits per heavy atom. The fraction of sp³-hybridized carbons (Fsp3) is 0.400. The summed E-state index contributed by atoms with van der Waals surface area (Å²) < 4.78 is 9.04. The highest BCUT2D eigenvalue weighted by Crippen LogP contribution is 2.44. The number of amides is 2. The van der Waals surface area contributed by atoms with Gasteiger partial charge in [-0.25, -0.2) is 9.50 Å². The van der Waals surface area contributed by atoms with Crippen LogP contribution in [0.25, 0.3) is 22.2 Å². The van der Waals surface area contributed by atoms with Crippen LogP contribution in [0.4, 0.5) is 0 Å². The van der Waals surface area contributed by atoms with Gasteiger partial charge in [-0.05, 0) is 55.4 Å². The highest BCUT2D eigenvalue weighted by molar-refractivity contribution is 5.99. The van der Waals surface area contributed by atoms with Crippen LogP contribution < -0.4 is 10.1 Å². The van der Waals surface area contributed by atoms with Gasteiger partial charge in [0.2, 0.25) is 11.8 Å². The van der Waals surface area contributed by atoms with Crippen molar-refractivity contribution in [3.63, 3.8) is 0 Å². The van der Waals surface area contributed by atoms with Crippen molar-refractivity contribution in [3.8, 4) is 11.6 Å². The fourth-order valence-electron chi connectivity index (χ4n) is 5.61. The normalized spacial score (nSPS) is 22.4. The molecule has 0 atom stereocenters. The van der Waals surface area contributed by atoms with Crippen molar-refractivity contribution >= 4 is 28.4 Å². The minimum atomic E-state index is -0.111. The Morgan fingerprint density at radius 1 is 1.26 bits per heavy atom. The Bertz CT molecular complexity index is 1450. The zero-order valence-electron chi connectivity index (χ0n) is 19.8. The van der Waals surface area contributed by atoms with Crippen molar-refractivity contribution in [2.24, 2.45) is 5.41 Å². The van der Waals surface area contributed by atoms with Crippen molar-refractivity contribution in [2.45, 2.75) is 38.1 Å². The van der Waals surface area contributed by atoms with Crippen LogP contribution >= 0.6 is 0 Å². The quantitative estimate of drug-likeness (QED) is 0.488. The van der Waals surface area contributed by atoms with Crippen molar-refractivity contribution in [1.82, 2.24) is 34.6 Å². The summed E-state index contributed by atoms with van der Waals surface area (Å²) in [5.41, 5.74) is 2.70. The van der Waals surface area contributed by atoms with E-state index in [1.165, 1.54) is 0 Å². The molecule has 4 aromatic rings. The second kappa shape index (κ2) is 8.07. The van der Waals surface area contributed by atoms with E-state index in [2.05, 4.69) is 20.5 Å². The van der Waals surface area contributed by atoms with Crippen molar-refractivity contribution in [2.75, 3.05) is 20.7 Å². The number of fused-ring (bicyclic) bond motifs is 2. The predicted molar refractivity (Wildman–Crippen MR) is 129 cm³/mol. The third-order valence-electron chi connectivity index (χ3n) is 7.48. The van der Waals surface area contributed by atoms with E-state index in [0.29, 0.717) is 34.7 Å². The summed E-state index contributed by atoms with van der Waals surface area (Å²) >= 11 is 0. The smallest absolute Gasteiger partial charge is 0.251 e. The number of methoxy groups -OCH3 is 1. The van der Waals surface area contributed by atoms with Gasteiger partial charge in [-0.2, -0.15) is 14.9 Å². The number of nitrogens with one attached hydrogen (secondary N) is 1. The average molecular weight is 474 g/mol. The first-order valence-electron chi connectivity index (χ1n) is 11.9. The van der Waals surface area contributed by atoms with E-state index in [0.717, 1.165) is 37.6 Å². The third-order valence-corrected chi connectivity index (χ3v) is 7.48. The highest BCUT2D eigenvalue weighted by atomic mass is 16.5. The van der Waals surface area contributed by atoms with E-state index in [-0.39, 0.29) is 23.3 Å². The zero-order valence-corrected chi connectivity index (χ0v) is 19.8. The van der Waals surface area contributed by atoms with Gasteiger partial charge in [-0.3, -0.25) is 9.59 Å². The van der Waals surface area contributed by atoms with E-state index in [1.54, 1.807) is 34.8 Å². The van der Waals surface area contributed by atoms with E-state index >= 15 is 0 Å². The number of aromatic nitrogens is 5. The molecule has 1 saturated heterocycles. The molecule has 10 nitrogen and oxygen atoms in total. The number of carbonyl (C=O) groups is 2. The van der Waals surface area contributed by atoms with Crippen molar-refractivity contribution in [1.29, 1.82) is 0 Å². The lowest BCUT2D eigenvalue weighted by Crippen LogP contribution is -2.41. The predicted octanol–water partition coefficient (Wildman–Crippen LogP) is 2.60. The van der Waals surface area contributed by atoms with Crippen LogP contribution in [-0.2, 0) is 4.79 Å². The van der Waals surface area contributed by atoms with Gasteiger partial charge in [-0.1, -0.05) is 0 Å². The number of hydrogen-bond acceptors (Lipinski definition) is 6. The standard InChI is InChI=1S/C25H27N7O3/c1-30-15-25(13-21(30)33)8-6-17(7-9-25)28-23(34)16-4-5-19-18(12-16)24(35-2)32(29-19)20-14-27-31-11-3-10-26-22(20)31/h3-5,10-12,14,17H,6-9,13,15H2,1-2H3,(H,28,34). The second-order valence-corrected chi connectivity index (χ2v) is 9.74. The molecular weight excluding hydrogens is 446 g/mol. The van der Waals surface area contributed by atoms with Gasteiger partial charge < -0.3 is 15.0 Å². The van der Waals surface area contributed by atoms with Gasteiger partial charge in [0.15, 0.2) is 5.65 Å². The van der Waals surface area contributed by atoms with Crippen LogP contribution in [0.5, 0.6) is 5.88 Å². The number of rotatable bonds is 4. The number of hydrogen-bond donors (Lipinski definition) is 1. The van der Waals surface area contributed by atoms with E-state index in [9.17, 15) is 9.59 Å². The molecule has 1 N–H and O–H groups in total. The molecule has 2 amide bonds. The first-order valence-corrected chi connectivity index (χ1v) is 11.9. The van der Waals surface area contributed by atoms with E-state index < -0.39 is 0 Å². The third kappa shape index (κ3) is 3.60. The largest absolute Gasteiger partial charge is 0.480 e. The van der Waals surface area contributed by atoms with Crippen LogP contribution in [0.15, 0.2) is 42.9 Å². The van der Waals surface area contributed by atoms with E-state index in [1.807, 2.05) is 36.3 Å². The molecule has 4 heterocycles. The van der Waals surface area contributed by atoms with Gasteiger partial charge in [-0.15, -0.1) is 0 Å². The highest BCUT2D eigenvalue weighted by Gasteiger charge is 2.44. The lowest BCUT2D eigenvalue weighted by atomic mass is 9.72. The summed E-state index contributed by atoms with van der Waals surface area (Å²) in [5, 5.41) is 13.0. The summed E-state index contributed by atoms with van der Waals surface area (Å²) in [7, 11) is 3.46. The molecule has 10 heteroatoms. The fourth-order valence-corrected chi connectivity index (χ4v) is 5.61. The van der Waals surface area contributed by atoms with Crippen LogP contribution in [0, 0.1) is 5.41 Å². The summed E-state index contributed by atoms with van der Waals surface area (Å²) in [6.45, 7) is 0.829. The molecule has 2 aliphatic rings. The Hall–Kier alpha value is -3.95. The second-order valence-electron chi connectivity index (χ2n) is 9.74. The summed E-state index contributed by atoms with van der Waals surface area (Å²) in [5.74, 6) is 0.639. The molecule has 0 radical (unpaired) electrons. The van der Waals surface area contributed by atoms with E-state index in [4.69, 9.17) is 4.74 Å². The first kappa shape index (κ1) is 21.6. The number of carbonyl (C=O) groups excluding carboxylic acids is 2. The van der Waals surface area contributed by atoms with Gasteiger partial charge in [0.25, 0.3) is 5.91 Å². The molecule has 1 aliphatic carbocycles. The number of ether oxygens (including phenoxy) is 1. The molecule has 1 aliphatic heterocycles.